The number of fused-ring (bicyclic) bond motifs is 1. The number of nitrogens with two attached hydrogens (primary N) is 1. The molecular weight excluding hydrogens is 190 g/mol. The molecule has 2 aromatic rings. The lowest BCUT2D eigenvalue weighted by Gasteiger charge is -2.07. The van der Waals surface area contributed by atoms with E-state index in [1.54, 1.807) is 0 Å². The number of rotatable bonds is 3. The van der Waals surface area contributed by atoms with Crippen LogP contribution in [0.5, 0.6) is 0 Å². The van der Waals surface area contributed by atoms with Gasteiger partial charge in [-0.3, -0.25) is 9.48 Å². The Morgan fingerprint density at radius 2 is 2.13 bits per heavy atom. The number of nitrogens with zero attached hydrogens (tertiary/aromatic N) is 2. The maximum Gasteiger partial charge on any atom is 0.207 e. The van der Waals surface area contributed by atoms with E-state index in [4.69, 9.17) is 5.73 Å². The molecular formula is C11H13N3O. The van der Waals surface area contributed by atoms with Gasteiger partial charge in [0.25, 0.3) is 0 Å². The zero-order chi connectivity index (χ0) is 10.7. The van der Waals surface area contributed by atoms with E-state index in [0.29, 0.717) is 11.9 Å². The zero-order valence-electron chi connectivity index (χ0n) is 8.39. The Kier molecular flexibility index (Phi) is 2.78. The molecule has 78 valence electrons. The highest BCUT2D eigenvalue weighted by atomic mass is 16.1. The first-order valence-electron chi connectivity index (χ1n) is 4.98. The van der Waals surface area contributed by atoms with Crippen LogP contribution in [0.2, 0.25) is 0 Å². The van der Waals surface area contributed by atoms with Gasteiger partial charge in [-0.15, -0.1) is 0 Å². The van der Waals surface area contributed by atoms with Gasteiger partial charge in [0, 0.05) is 11.9 Å². The lowest BCUT2D eigenvalue weighted by atomic mass is 10.2. The smallest absolute Gasteiger partial charge is 0.207 e. The number of aryl methyl sites for hydroxylation is 1. The van der Waals surface area contributed by atoms with Gasteiger partial charge in [-0.25, -0.2) is 0 Å². The summed E-state index contributed by atoms with van der Waals surface area (Å²) in [6.45, 7) is 1.37. The minimum Gasteiger partial charge on any atom is -0.330 e. The highest BCUT2D eigenvalue weighted by Crippen LogP contribution is 2.07. The summed E-state index contributed by atoms with van der Waals surface area (Å²) in [5.41, 5.74) is 6.29. The van der Waals surface area contributed by atoms with Crippen LogP contribution in [-0.2, 0) is 6.54 Å². The highest BCUT2D eigenvalue weighted by Gasteiger charge is 2.01. The zero-order valence-corrected chi connectivity index (χ0v) is 8.39. The topological polar surface area (TPSA) is 60.9 Å². The molecule has 4 heteroatoms. The minimum atomic E-state index is -0.0328. The molecule has 0 aliphatic rings. The molecule has 4 nitrogen and oxygen atoms in total. The summed E-state index contributed by atoms with van der Waals surface area (Å²) >= 11 is 0. The van der Waals surface area contributed by atoms with Crippen LogP contribution in [0.3, 0.4) is 0 Å². The van der Waals surface area contributed by atoms with Crippen LogP contribution >= 0.6 is 0 Å². The molecule has 0 amide bonds. The molecule has 0 aliphatic carbocycles. The van der Waals surface area contributed by atoms with Crippen molar-refractivity contribution in [1.82, 2.24) is 9.78 Å². The van der Waals surface area contributed by atoms with Crippen molar-refractivity contribution in [2.24, 2.45) is 5.73 Å². The Morgan fingerprint density at radius 1 is 1.33 bits per heavy atom. The third-order valence-corrected chi connectivity index (χ3v) is 2.34. The van der Waals surface area contributed by atoms with Gasteiger partial charge in [0.15, 0.2) is 0 Å². The third-order valence-electron chi connectivity index (χ3n) is 2.34. The SMILES string of the molecule is NCCCn1ncc(=O)c2ccccc21. The normalized spacial score (nSPS) is 10.7. The molecule has 0 radical (unpaired) electrons. The Labute approximate surface area is 87.3 Å². The van der Waals surface area contributed by atoms with E-state index in [-0.39, 0.29) is 5.43 Å². The summed E-state index contributed by atoms with van der Waals surface area (Å²) in [7, 11) is 0. The molecule has 2 N–H and O–H groups in total. The molecule has 0 spiro atoms. The van der Waals surface area contributed by atoms with Crippen LogP contribution in [0, 0.1) is 0 Å². The number of aromatic nitrogens is 2. The van der Waals surface area contributed by atoms with Gasteiger partial charge < -0.3 is 5.73 Å². The number of para-hydroxylation sites is 1. The van der Waals surface area contributed by atoms with Gasteiger partial charge in [-0.1, -0.05) is 12.1 Å². The number of hydrogen-bond donors (Lipinski definition) is 1. The molecule has 0 fully saturated rings. The van der Waals surface area contributed by atoms with E-state index in [1.807, 2.05) is 28.9 Å². The monoisotopic (exact) mass is 203 g/mol. The van der Waals surface area contributed by atoms with Crippen LogP contribution in [0.1, 0.15) is 6.42 Å². The first-order valence-corrected chi connectivity index (χ1v) is 4.98. The van der Waals surface area contributed by atoms with Crippen molar-refractivity contribution in [2.45, 2.75) is 13.0 Å². The summed E-state index contributed by atoms with van der Waals surface area (Å²) < 4.78 is 1.82. The fraction of sp³-hybridized carbons (Fsp3) is 0.273. The second-order valence-corrected chi connectivity index (χ2v) is 3.39. The fourth-order valence-electron chi connectivity index (χ4n) is 1.58. The van der Waals surface area contributed by atoms with E-state index in [2.05, 4.69) is 5.10 Å². The van der Waals surface area contributed by atoms with Gasteiger partial charge in [0.05, 0.1) is 11.7 Å². The van der Waals surface area contributed by atoms with Crippen LogP contribution in [-0.4, -0.2) is 16.3 Å². The van der Waals surface area contributed by atoms with Crippen molar-refractivity contribution >= 4 is 10.9 Å². The average Bonchev–Trinajstić information content (AvgIpc) is 2.29. The number of benzene rings is 1. The average molecular weight is 203 g/mol. The van der Waals surface area contributed by atoms with E-state index in [1.165, 1.54) is 6.20 Å². The van der Waals surface area contributed by atoms with E-state index >= 15 is 0 Å². The molecule has 0 saturated heterocycles. The van der Waals surface area contributed by atoms with Crippen molar-refractivity contribution in [2.75, 3.05) is 6.54 Å². The molecule has 0 atom stereocenters. The molecule has 0 unspecified atom stereocenters. The number of hydrogen-bond acceptors (Lipinski definition) is 3. The summed E-state index contributed by atoms with van der Waals surface area (Å²) in [5, 5.41) is 4.81. The van der Waals surface area contributed by atoms with Crippen molar-refractivity contribution in [1.29, 1.82) is 0 Å². The maximum atomic E-state index is 11.5. The highest BCUT2D eigenvalue weighted by molar-refractivity contribution is 5.77. The van der Waals surface area contributed by atoms with Crippen LogP contribution in [0.15, 0.2) is 35.3 Å². The molecule has 0 saturated carbocycles. The molecule has 0 aliphatic heterocycles. The Morgan fingerprint density at radius 3 is 2.93 bits per heavy atom. The first-order chi connectivity index (χ1) is 7.33. The molecule has 2 rings (SSSR count). The Bertz CT molecular complexity index is 518. The molecule has 1 aromatic carbocycles. The Hall–Kier alpha value is -1.68. The fourth-order valence-corrected chi connectivity index (χ4v) is 1.58. The largest absolute Gasteiger partial charge is 0.330 e. The van der Waals surface area contributed by atoms with Crippen molar-refractivity contribution in [3.05, 3.63) is 40.7 Å². The minimum absolute atomic E-state index is 0.0328. The lowest BCUT2D eigenvalue weighted by molar-refractivity contribution is 0.593. The van der Waals surface area contributed by atoms with Crippen LogP contribution in [0.4, 0.5) is 0 Å². The standard InChI is InChI=1S/C11H13N3O/c12-6-3-7-14-10-5-2-1-4-9(10)11(15)8-13-14/h1-2,4-5,8H,3,6-7,12H2. The summed E-state index contributed by atoms with van der Waals surface area (Å²) in [6, 6.07) is 7.48. The Balaban J connectivity index is 2.56. The first kappa shape index (κ1) is 9.86. The van der Waals surface area contributed by atoms with Gasteiger partial charge >= 0.3 is 0 Å². The molecule has 1 heterocycles. The molecule has 1 aromatic heterocycles. The van der Waals surface area contributed by atoms with Gasteiger partial charge in [0.2, 0.25) is 5.43 Å². The quantitative estimate of drug-likeness (QED) is 0.800. The van der Waals surface area contributed by atoms with Crippen molar-refractivity contribution in [3.63, 3.8) is 0 Å². The predicted molar refractivity (Wildman–Crippen MR) is 59.7 cm³/mol. The summed E-state index contributed by atoms with van der Waals surface area (Å²) in [6.07, 6.45) is 2.22. The van der Waals surface area contributed by atoms with Gasteiger partial charge in [-0.05, 0) is 25.1 Å². The van der Waals surface area contributed by atoms with Crippen LogP contribution < -0.4 is 11.2 Å². The molecule has 15 heavy (non-hydrogen) atoms. The maximum absolute atomic E-state index is 11.5. The van der Waals surface area contributed by atoms with Gasteiger partial charge in [-0.2, -0.15) is 5.10 Å². The second-order valence-electron chi connectivity index (χ2n) is 3.39. The van der Waals surface area contributed by atoms with Gasteiger partial charge in [0.1, 0.15) is 0 Å². The summed E-state index contributed by atoms with van der Waals surface area (Å²) in [5.74, 6) is 0. The second kappa shape index (κ2) is 4.23. The van der Waals surface area contributed by atoms with E-state index in [0.717, 1.165) is 18.5 Å². The lowest BCUT2D eigenvalue weighted by Crippen LogP contribution is -2.14. The predicted octanol–water partition coefficient (Wildman–Crippen LogP) is 0.745. The van der Waals surface area contributed by atoms with Crippen molar-refractivity contribution < 1.29 is 0 Å². The van der Waals surface area contributed by atoms with Crippen LogP contribution in [0.25, 0.3) is 10.9 Å². The van der Waals surface area contributed by atoms with E-state index in [9.17, 15) is 4.79 Å². The van der Waals surface area contributed by atoms with Crippen molar-refractivity contribution in [3.8, 4) is 0 Å². The van der Waals surface area contributed by atoms with E-state index < -0.39 is 0 Å². The third kappa shape index (κ3) is 1.89. The summed E-state index contributed by atoms with van der Waals surface area (Å²) in [4.78, 5) is 11.5. The molecule has 0 bridgehead atoms.